The van der Waals surface area contributed by atoms with E-state index >= 15 is 0 Å². The Bertz CT molecular complexity index is 386. The predicted octanol–water partition coefficient (Wildman–Crippen LogP) is 2.68. The fourth-order valence-electron chi connectivity index (χ4n) is 2.72. The summed E-state index contributed by atoms with van der Waals surface area (Å²) in [6.07, 6.45) is 5.91. The lowest BCUT2D eigenvalue weighted by atomic mass is 9.89. The molecular formula is C14H21ClN2O. The van der Waals surface area contributed by atoms with Crippen molar-refractivity contribution in [3.63, 3.8) is 0 Å². The molecule has 0 amide bonds. The fraction of sp³-hybridized carbons (Fsp3) is 0.643. The Morgan fingerprint density at radius 3 is 3.06 bits per heavy atom. The third-order valence-corrected chi connectivity index (χ3v) is 4.05. The molecule has 0 spiro atoms. The average Bonchev–Trinajstić information content (AvgIpc) is 2.78. The van der Waals surface area contributed by atoms with Crippen LogP contribution in [0, 0.1) is 5.92 Å². The first-order chi connectivity index (χ1) is 8.72. The molecule has 0 bridgehead atoms. The lowest BCUT2D eigenvalue weighted by Crippen LogP contribution is -2.40. The van der Waals surface area contributed by atoms with E-state index in [2.05, 4.69) is 24.1 Å². The summed E-state index contributed by atoms with van der Waals surface area (Å²) in [7, 11) is 0. The molecule has 3 atom stereocenters. The first-order valence-electron chi connectivity index (χ1n) is 6.65. The Morgan fingerprint density at radius 1 is 1.61 bits per heavy atom. The number of halogens is 1. The third-order valence-electron chi connectivity index (χ3n) is 3.71. The molecule has 2 heterocycles. The van der Waals surface area contributed by atoms with Crippen molar-refractivity contribution in [2.75, 3.05) is 13.2 Å². The Kier molecular flexibility index (Phi) is 4.98. The van der Waals surface area contributed by atoms with E-state index in [0.717, 1.165) is 36.6 Å². The summed E-state index contributed by atoms with van der Waals surface area (Å²) in [5, 5.41) is 4.33. The van der Waals surface area contributed by atoms with Crippen LogP contribution in [0.4, 0.5) is 0 Å². The standard InChI is InChI=1S/C14H21ClN2O/c1-3-17-14(12-5-7-18-10(12)2)8-11-4-6-16-9-13(11)15/h4,6,9-10,12,14,17H,3,5,7-8H2,1-2H3. The Hall–Kier alpha value is -0.640. The molecule has 1 aromatic rings. The zero-order valence-corrected chi connectivity index (χ0v) is 11.8. The number of likely N-dealkylation sites (N-methyl/N-ethyl adjacent to an activating group) is 1. The molecule has 0 radical (unpaired) electrons. The summed E-state index contributed by atoms with van der Waals surface area (Å²) >= 11 is 6.19. The molecule has 3 nitrogen and oxygen atoms in total. The van der Waals surface area contributed by atoms with Gasteiger partial charge in [0.2, 0.25) is 0 Å². The van der Waals surface area contributed by atoms with Crippen molar-refractivity contribution in [3.05, 3.63) is 29.0 Å². The predicted molar refractivity (Wildman–Crippen MR) is 73.9 cm³/mol. The van der Waals surface area contributed by atoms with Gasteiger partial charge in [0.25, 0.3) is 0 Å². The van der Waals surface area contributed by atoms with Crippen molar-refractivity contribution in [1.82, 2.24) is 10.3 Å². The summed E-state index contributed by atoms with van der Waals surface area (Å²) in [6, 6.07) is 2.43. The Morgan fingerprint density at radius 2 is 2.44 bits per heavy atom. The van der Waals surface area contributed by atoms with E-state index in [0.29, 0.717) is 18.1 Å². The maximum Gasteiger partial charge on any atom is 0.0621 e. The molecule has 1 aliphatic heterocycles. The van der Waals surface area contributed by atoms with Crippen molar-refractivity contribution in [1.29, 1.82) is 0 Å². The van der Waals surface area contributed by atoms with Crippen LogP contribution in [0.3, 0.4) is 0 Å². The number of nitrogens with one attached hydrogen (secondary N) is 1. The molecule has 0 saturated carbocycles. The highest BCUT2D eigenvalue weighted by atomic mass is 35.5. The van der Waals surface area contributed by atoms with Crippen LogP contribution in [0.1, 0.15) is 25.8 Å². The monoisotopic (exact) mass is 268 g/mol. The van der Waals surface area contributed by atoms with Gasteiger partial charge in [-0.2, -0.15) is 0 Å². The van der Waals surface area contributed by atoms with Crippen molar-refractivity contribution in [2.24, 2.45) is 5.92 Å². The molecule has 1 aliphatic rings. The van der Waals surface area contributed by atoms with Crippen molar-refractivity contribution < 1.29 is 4.74 Å². The summed E-state index contributed by atoms with van der Waals surface area (Å²) in [6.45, 7) is 6.15. The smallest absolute Gasteiger partial charge is 0.0621 e. The normalized spacial score (nSPS) is 25.3. The highest BCUT2D eigenvalue weighted by molar-refractivity contribution is 6.31. The zero-order chi connectivity index (χ0) is 13.0. The first-order valence-corrected chi connectivity index (χ1v) is 7.03. The summed E-state index contributed by atoms with van der Waals surface area (Å²) in [4.78, 5) is 4.03. The molecule has 3 unspecified atom stereocenters. The quantitative estimate of drug-likeness (QED) is 0.892. The van der Waals surface area contributed by atoms with Crippen molar-refractivity contribution in [3.8, 4) is 0 Å². The van der Waals surface area contributed by atoms with Gasteiger partial charge in [-0.05, 0) is 37.9 Å². The molecular weight excluding hydrogens is 248 g/mol. The molecule has 1 saturated heterocycles. The van der Waals surface area contributed by atoms with Gasteiger partial charge in [0.1, 0.15) is 0 Å². The molecule has 18 heavy (non-hydrogen) atoms. The molecule has 1 fully saturated rings. The van der Waals surface area contributed by atoms with Gasteiger partial charge in [0, 0.05) is 31.0 Å². The van der Waals surface area contributed by atoms with Crippen LogP contribution in [0.5, 0.6) is 0 Å². The van der Waals surface area contributed by atoms with E-state index in [-0.39, 0.29) is 0 Å². The maximum absolute atomic E-state index is 6.19. The molecule has 0 aliphatic carbocycles. The molecule has 0 aromatic carbocycles. The molecule has 1 N–H and O–H groups in total. The van der Waals surface area contributed by atoms with Gasteiger partial charge in [-0.1, -0.05) is 18.5 Å². The van der Waals surface area contributed by atoms with Gasteiger partial charge >= 0.3 is 0 Å². The van der Waals surface area contributed by atoms with Gasteiger partial charge < -0.3 is 10.1 Å². The van der Waals surface area contributed by atoms with Crippen LogP contribution >= 0.6 is 11.6 Å². The van der Waals surface area contributed by atoms with Crippen molar-refractivity contribution >= 4 is 11.6 Å². The van der Waals surface area contributed by atoms with Crippen LogP contribution in [0.15, 0.2) is 18.5 Å². The maximum atomic E-state index is 6.19. The van der Waals surface area contributed by atoms with E-state index in [9.17, 15) is 0 Å². The Labute approximate surface area is 114 Å². The van der Waals surface area contributed by atoms with Gasteiger partial charge in [0.15, 0.2) is 0 Å². The second-order valence-corrected chi connectivity index (χ2v) is 5.27. The lowest BCUT2D eigenvalue weighted by molar-refractivity contribution is 0.0956. The molecule has 2 rings (SSSR count). The first kappa shape index (κ1) is 13.8. The minimum absolute atomic E-state index is 0.328. The van der Waals surface area contributed by atoms with Crippen LogP contribution in [0.2, 0.25) is 5.02 Å². The van der Waals surface area contributed by atoms with Crippen LogP contribution < -0.4 is 5.32 Å². The molecule has 4 heteroatoms. The topological polar surface area (TPSA) is 34.2 Å². The number of nitrogens with zero attached hydrogens (tertiary/aromatic N) is 1. The largest absolute Gasteiger partial charge is 0.378 e. The Balaban J connectivity index is 2.08. The van der Waals surface area contributed by atoms with E-state index in [1.807, 2.05) is 6.07 Å². The zero-order valence-electron chi connectivity index (χ0n) is 11.0. The van der Waals surface area contributed by atoms with Gasteiger partial charge in [-0.3, -0.25) is 4.98 Å². The van der Waals surface area contributed by atoms with Crippen LogP contribution in [-0.2, 0) is 11.2 Å². The summed E-state index contributed by atoms with van der Waals surface area (Å²) < 4.78 is 5.68. The van der Waals surface area contributed by atoms with Gasteiger partial charge in [0.05, 0.1) is 11.1 Å². The number of pyridine rings is 1. The van der Waals surface area contributed by atoms with E-state index in [4.69, 9.17) is 16.3 Å². The van der Waals surface area contributed by atoms with E-state index in [1.165, 1.54) is 0 Å². The van der Waals surface area contributed by atoms with Crippen LogP contribution in [-0.4, -0.2) is 30.3 Å². The summed E-state index contributed by atoms with van der Waals surface area (Å²) in [5.41, 5.74) is 1.16. The van der Waals surface area contributed by atoms with E-state index < -0.39 is 0 Å². The third kappa shape index (κ3) is 3.22. The lowest BCUT2D eigenvalue weighted by Gasteiger charge is -2.27. The average molecular weight is 269 g/mol. The van der Waals surface area contributed by atoms with Gasteiger partial charge in [-0.15, -0.1) is 0 Å². The number of ether oxygens (including phenoxy) is 1. The highest BCUT2D eigenvalue weighted by Crippen LogP contribution is 2.27. The summed E-state index contributed by atoms with van der Waals surface area (Å²) in [5.74, 6) is 0.564. The minimum Gasteiger partial charge on any atom is -0.378 e. The van der Waals surface area contributed by atoms with Crippen molar-refractivity contribution in [2.45, 2.75) is 38.8 Å². The number of hydrogen-bond donors (Lipinski definition) is 1. The number of aromatic nitrogens is 1. The second kappa shape index (κ2) is 6.50. The number of rotatable bonds is 5. The van der Waals surface area contributed by atoms with Crippen LogP contribution in [0.25, 0.3) is 0 Å². The van der Waals surface area contributed by atoms with Gasteiger partial charge in [-0.25, -0.2) is 0 Å². The molecule has 100 valence electrons. The molecule has 1 aromatic heterocycles. The second-order valence-electron chi connectivity index (χ2n) is 4.86. The fourth-order valence-corrected chi connectivity index (χ4v) is 2.92. The minimum atomic E-state index is 0.328. The highest BCUT2D eigenvalue weighted by Gasteiger charge is 2.31. The number of hydrogen-bond acceptors (Lipinski definition) is 3. The van der Waals surface area contributed by atoms with E-state index in [1.54, 1.807) is 12.4 Å². The SMILES string of the molecule is CCNC(Cc1ccncc1Cl)C1CCOC1C.